The first-order valence-electron chi connectivity index (χ1n) is 2.90. The van der Waals surface area contributed by atoms with Crippen LogP contribution in [0.4, 0.5) is 5.00 Å². The normalized spacial score (nSPS) is 9.90. The van der Waals surface area contributed by atoms with Crippen LogP contribution in [0, 0.1) is 0 Å². The molecule has 1 aromatic heterocycles. The number of halogens is 1. The third-order valence-corrected chi connectivity index (χ3v) is 2.95. The molecule has 10 heavy (non-hydrogen) atoms. The highest BCUT2D eigenvalue weighted by Crippen LogP contribution is 2.28. The van der Waals surface area contributed by atoms with Crippen LogP contribution < -0.4 is 10.6 Å². The maximum absolute atomic E-state index is 5.43. The van der Waals surface area contributed by atoms with Crippen LogP contribution in [0.5, 0.6) is 0 Å². The second kappa shape index (κ2) is 3.37. The van der Waals surface area contributed by atoms with Crippen LogP contribution in [-0.4, -0.2) is 13.7 Å². The highest BCUT2D eigenvalue weighted by Gasteiger charge is 1.99. The lowest BCUT2D eigenvalue weighted by Crippen LogP contribution is -2.23. The fourth-order valence-corrected chi connectivity index (χ4v) is 1.93. The van der Waals surface area contributed by atoms with Gasteiger partial charge in [0.1, 0.15) is 0 Å². The van der Waals surface area contributed by atoms with Crippen LogP contribution in [0.15, 0.2) is 15.9 Å². The standard InChI is InChI=1S/C6H9BrN2S/c1-9(4-8)6-3-2-5(7)10-6/h2-3H,4,8H2,1H3. The van der Waals surface area contributed by atoms with Crippen LogP contribution in [0.1, 0.15) is 0 Å². The van der Waals surface area contributed by atoms with E-state index in [0.717, 1.165) is 3.79 Å². The minimum atomic E-state index is 0.562. The van der Waals surface area contributed by atoms with E-state index in [0.29, 0.717) is 6.67 Å². The van der Waals surface area contributed by atoms with Gasteiger partial charge in [-0.05, 0) is 28.1 Å². The van der Waals surface area contributed by atoms with Crippen LogP contribution in [-0.2, 0) is 0 Å². The molecule has 1 aromatic rings. The smallest absolute Gasteiger partial charge is 0.0927 e. The van der Waals surface area contributed by atoms with E-state index in [-0.39, 0.29) is 0 Å². The summed E-state index contributed by atoms with van der Waals surface area (Å²) >= 11 is 5.06. The van der Waals surface area contributed by atoms with Crippen molar-refractivity contribution >= 4 is 32.3 Å². The minimum Gasteiger partial charge on any atom is -0.354 e. The fourth-order valence-electron chi connectivity index (χ4n) is 0.600. The average Bonchev–Trinajstić information content (AvgIpc) is 2.34. The molecule has 0 bridgehead atoms. The summed E-state index contributed by atoms with van der Waals surface area (Å²) in [5.74, 6) is 0. The lowest BCUT2D eigenvalue weighted by Gasteiger charge is -2.12. The van der Waals surface area contributed by atoms with Gasteiger partial charge in [-0.25, -0.2) is 0 Å². The lowest BCUT2D eigenvalue weighted by atomic mass is 10.6. The van der Waals surface area contributed by atoms with E-state index in [1.165, 1.54) is 5.00 Å². The molecule has 0 aliphatic heterocycles. The van der Waals surface area contributed by atoms with Crippen molar-refractivity contribution in [3.05, 3.63) is 15.9 Å². The molecule has 0 radical (unpaired) electrons. The molecule has 2 N–H and O–H groups in total. The molecule has 0 saturated heterocycles. The van der Waals surface area contributed by atoms with Crippen LogP contribution in [0.25, 0.3) is 0 Å². The maximum atomic E-state index is 5.43. The van der Waals surface area contributed by atoms with E-state index in [4.69, 9.17) is 5.73 Å². The van der Waals surface area contributed by atoms with Gasteiger partial charge in [0.05, 0.1) is 15.5 Å². The highest BCUT2D eigenvalue weighted by molar-refractivity contribution is 9.11. The second-order valence-electron chi connectivity index (χ2n) is 1.96. The van der Waals surface area contributed by atoms with E-state index in [1.807, 2.05) is 24.1 Å². The zero-order valence-corrected chi connectivity index (χ0v) is 8.08. The molecule has 0 fully saturated rings. The third-order valence-electron chi connectivity index (χ3n) is 1.21. The highest BCUT2D eigenvalue weighted by atomic mass is 79.9. The Labute approximate surface area is 72.8 Å². The lowest BCUT2D eigenvalue weighted by molar-refractivity contribution is 0.944. The SMILES string of the molecule is CN(CN)c1ccc(Br)s1. The first-order valence-corrected chi connectivity index (χ1v) is 4.51. The Morgan fingerprint density at radius 3 is 2.80 bits per heavy atom. The van der Waals surface area contributed by atoms with Crippen molar-refractivity contribution in [3.8, 4) is 0 Å². The van der Waals surface area contributed by atoms with Crippen LogP contribution in [0.3, 0.4) is 0 Å². The Balaban J connectivity index is 2.74. The number of thiophene rings is 1. The van der Waals surface area contributed by atoms with Crippen molar-refractivity contribution in [1.29, 1.82) is 0 Å². The molecular weight excluding hydrogens is 212 g/mol. The Morgan fingerprint density at radius 2 is 2.40 bits per heavy atom. The van der Waals surface area contributed by atoms with Gasteiger partial charge >= 0.3 is 0 Å². The van der Waals surface area contributed by atoms with Crippen molar-refractivity contribution in [3.63, 3.8) is 0 Å². The van der Waals surface area contributed by atoms with Gasteiger partial charge in [-0.15, -0.1) is 11.3 Å². The molecule has 2 nitrogen and oxygen atoms in total. The fraction of sp³-hybridized carbons (Fsp3) is 0.333. The van der Waals surface area contributed by atoms with Crippen molar-refractivity contribution in [2.75, 3.05) is 18.6 Å². The van der Waals surface area contributed by atoms with Crippen molar-refractivity contribution in [1.82, 2.24) is 0 Å². The number of rotatable bonds is 2. The Hall–Kier alpha value is -0.0600. The van der Waals surface area contributed by atoms with Gasteiger partial charge in [0.2, 0.25) is 0 Å². The molecule has 1 heterocycles. The van der Waals surface area contributed by atoms with Gasteiger partial charge in [-0.3, -0.25) is 0 Å². The molecule has 1 rings (SSSR count). The summed E-state index contributed by atoms with van der Waals surface area (Å²) < 4.78 is 1.14. The summed E-state index contributed by atoms with van der Waals surface area (Å²) in [6, 6.07) is 4.06. The summed E-state index contributed by atoms with van der Waals surface area (Å²) in [5.41, 5.74) is 5.43. The number of nitrogens with zero attached hydrogens (tertiary/aromatic N) is 1. The minimum absolute atomic E-state index is 0.562. The van der Waals surface area contributed by atoms with Crippen molar-refractivity contribution in [2.45, 2.75) is 0 Å². The first-order chi connectivity index (χ1) is 4.74. The molecule has 56 valence electrons. The number of anilines is 1. The van der Waals surface area contributed by atoms with Crippen LogP contribution >= 0.6 is 27.3 Å². The van der Waals surface area contributed by atoms with Gasteiger partial charge in [-0.1, -0.05) is 0 Å². The van der Waals surface area contributed by atoms with Gasteiger partial charge in [0.15, 0.2) is 0 Å². The van der Waals surface area contributed by atoms with E-state index in [1.54, 1.807) is 11.3 Å². The quantitative estimate of drug-likeness (QED) is 0.772. The van der Waals surface area contributed by atoms with E-state index < -0.39 is 0 Å². The summed E-state index contributed by atoms with van der Waals surface area (Å²) in [6.45, 7) is 0.562. The predicted octanol–water partition coefficient (Wildman–Crippen LogP) is 1.86. The van der Waals surface area contributed by atoms with Gasteiger partial charge < -0.3 is 10.6 Å². The molecular formula is C6H9BrN2S. The molecule has 0 spiro atoms. The summed E-state index contributed by atoms with van der Waals surface area (Å²) in [6.07, 6.45) is 0. The molecule has 0 aliphatic rings. The van der Waals surface area contributed by atoms with Gasteiger partial charge in [0.25, 0.3) is 0 Å². The van der Waals surface area contributed by atoms with E-state index in [9.17, 15) is 0 Å². The molecule has 0 atom stereocenters. The van der Waals surface area contributed by atoms with Crippen molar-refractivity contribution < 1.29 is 0 Å². The zero-order valence-electron chi connectivity index (χ0n) is 5.67. The molecule has 0 aromatic carbocycles. The second-order valence-corrected chi connectivity index (χ2v) is 4.40. The zero-order chi connectivity index (χ0) is 7.56. The Bertz CT molecular complexity index is 211. The number of nitrogens with two attached hydrogens (primary N) is 1. The monoisotopic (exact) mass is 220 g/mol. The van der Waals surface area contributed by atoms with E-state index >= 15 is 0 Å². The Morgan fingerprint density at radius 1 is 1.70 bits per heavy atom. The largest absolute Gasteiger partial charge is 0.354 e. The summed E-state index contributed by atoms with van der Waals surface area (Å²) in [7, 11) is 1.97. The van der Waals surface area contributed by atoms with E-state index in [2.05, 4.69) is 15.9 Å². The number of hydrogen-bond acceptors (Lipinski definition) is 3. The van der Waals surface area contributed by atoms with Gasteiger partial charge in [0, 0.05) is 7.05 Å². The molecule has 0 unspecified atom stereocenters. The molecule has 0 saturated carbocycles. The third kappa shape index (κ3) is 1.71. The molecule has 4 heteroatoms. The van der Waals surface area contributed by atoms with Crippen LogP contribution in [0.2, 0.25) is 0 Å². The molecule has 0 amide bonds. The predicted molar refractivity (Wildman–Crippen MR) is 49.5 cm³/mol. The number of hydrogen-bond donors (Lipinski definition) is 1. The average molecular weight is 221 g/mol. The summed E-state index contributed by atoms with van der Waals surface area (Å²) in [5, 5.41) is 1.19. The van der Waals surface area contributed by atoms with Crippen molar-refractivity contribution in [2.24, 2.45) is 5.73 Å². The Kier molecular flexibility index (Phi) is 2.71. The first kappa shape index (κ1) is 8.04. The van der Waals surface area contributed by atoms with Gasteiger partial charge in [-0.2, -0.15) is 0 Å². The maximum Gasteiger partial charge on any atom is 0.0927 e. The summed E-state index contributed by atoms with van der Waals surface area (Å²) in [4.78, 5) is 2.00. The topological polar surface area (TPSA) is 29.3 Å². The molecule has 0 aliphatic carbocycles.